The Morgan fingerprint density at radius 2 is 1.89 bits per heavy atom. The minimum Gasteiger partial charge on any atom is -0.457 e. The normalized spacial score (nSPS) is 15.9. The maximum absolute atomic E-state index is 14.2. The van der Waals surface area contributed by atoms with Crippen LogP contribution in [-0.2, 0) is 0 Å². The molecule has 2 aliphatic heterocycles. The number of primary amides is 1. The molecule has 0 radical (unpaired) electrons. The molecule has 2 aromatic heterocycles. The summed E-state index contributed by atoms with van der Waals surface area (Å²) in [5.41, 5.74) is 8.70. The van der Waals surface area contributed by atoms with Gasteiger partial charge in [-0.05, 0) is 55.4 Å². The van der Waals surface area contributed by atoms with E-state index in [4.69, 9.17) is 10.5 Å². The van der Waals surface area contributed by atoms with Crippen LogP contribution in [0.3, 0.4) is 0 Å². The quantitative estimate of drug-likeness (QED) is 0.390. The van der Waals surface area contributed by atoms with Crippen LogP contribution in [0, 0.1) is 6.92 Å². The molecule has 0 atom stereocenters. The van der Waals surface area contributed by atoms with Gasteiger partial charge in [0.1, 0.15) is 21.2 Å². The first-order valence-electron chi connectivity index (χ1n) is 11.9. The average Bonchev–Trinajstić information content (AvgIpc) is 3.23. The van der Waals surface area contributed by atoms with Crippen molar-refractivity contribution >= 4 is 50.6 Å². The minimum absolute atomic E-state index is 0.0507. The molecule has 6 rings (SSSR count). The number of ether oxygens (including phenoxy) is 1. The summed E-state index contributed by atoms with van der Waals surface area (Å²) in [6, 6.07) is 16.9. The summed E-state index contributed by atoms with van der Waals surface area (Å²) in [5.74, 6) is 0.886. The zero-order chi connectivity index (χ0) is 25.0. The van der Waals surface area contributed by atoms with Crippen molar-refractivity contribution < 1.29 is 14.3 Å². The number of pyridine rings is 1. The minimum atomic E-state index is -0.546. The summed E-state index contributed by atoms with van der Waals surface area (Å²) in [4.78, 5) is 37.9. The molecule has 9 heteroatoms. The van der Waals surface area contributed by atoms with Crippen molar-refractivity contribution in [2.75, 3.05) is 29.4 Å². The number of carbonyl (C=O) groups excluding carboxylic acids is 2. The number of nitrogens with two attached hydrogens (primary N) is 1. The molecular weight excluding hydrogens is 474 g/mol. The zero-order valence-corrected chi connectivity index (χ0v) is 20.8. The number of likely N-dealkylation sites (tertiary alicyclic amines) is 1. The summed E-state index contributed by atoms with van der Waals surface area (Å²) in [6.45, 7) is 6.45. The number of anilines is 3. The Kier molecular flexibility index (Phi) is 5.39. The van der Waals surface area contributed by atoms with E-state index < -0.39 is 5.91 Å². The van der Waals surface area contributed by atoms with E-state index in [1.165, 1.54) is 11.3 Å². The van der Waals surface area contributed by atoms with E-state index in [1.54, 1.807) is 16.0 Å². The molecule has 182 valence electrons. The van der Waals surface area contributed by atoms with Crippen LogP contribution in [-0.4, -0.2) is 47.5 Å². The van der Waals surface area contributed by atoms with Crippen molar-refractivity contribution in [2.24, 2.45) is 5.73 Å². The van der Waals surface area contributed by atoms with Crippen LogP contribution < -0.4 is 20.3 Å². The Bertz CT molecular complexity index is 1500. The summed E-state index contributed by atoms with van der Waals surface area (Å²) in [6.07, 6.45) is 1.67. The Morgan fingerprint density at radius 3 is 2.58 bits per heavy atom. The highest BCUT2D eigenvalue weighted by atomic mass is 32.1. The van der Waals surface area contributed by atoms with E-state index >= 15 is 0 Å². The molecule has 2 aromatic carbocycles. The van der Waals surface area contributed by atoms with E-state index in [0.29, 0.717) is 26.8 Å². The topological polar surface area (TPSA) is 92.0 Å². The fourth-order valence-corrected chi connectivity index (χ4v) is 5.99. The van der Waals surface area contributed by atoms with E-state index in [2.05, 4.69) is 16.8 Å². The molecule has 1 fully saturated rings. The number of para-hydroxylation sites is 1. The predicted molar refractivity (Wildman–Crippen MR) is 142 cm³/mol. The maximum Gasteiger partial charge on any atom is 0.334 e. The third-order valence-corrected chi connectivity index (χ3v) is 7.89. The Labute approximate surface area is 212 Å². The van der Waals surface area contributed by atoms with Crippen molar-refractivity contribution in [1.82, 2.24) is 9.88 Å². The molecule has 0 saturated carbocycles. The maximum atomic E-state index is 14.2. The second-order valence-corrected chi connectivity index (χ2v) is 10.0. The molecule has 4 aromatic rings. The van der Waals surface area contributed by atoms with Crippen LogP contribution in [0.15, 0.2) is 60.8 Å². The van der Waals surface area contributed by atoms with E-state index in [-0.39, 0.29) is 12.1 Å². The zero-order valence-electron chi connectivity index (χ0n) is 20.0. The number of likely N-dealkylation sites (N-methyl/N-ethyl adjacent to an activating group) is 1. The third-order valence-electron chi connectivity index (χ3n) is 6.79. The molecule has 0 aliphatic carbocycles. The van der Waals surface area contributed by atoms with E-state index in [0.717, 1.165) is 42.0 Å². The second kappa shape index (κ2) is 8.61. The number of benzene rings is 2. The first-order valence-corrected chi connectivity index (χ1v) is 12.7. The lowest BCUT2D eigenvalue weighted by Crippen LogP contribution is -2.63. The fourth-order valence-electron chi connectivity index (χ4n) is 4.98. The molecule has 4 heterocycles. The molecule has 2 N–H and O–H groups in total. The number of carbonyl (C=O) groups is 2. The molecule has 8 nitrogen and oxygen atoms in total. The van der Waals surface area contributed by atoms with Gasteiger partial charge in [0.25, 0.3) is 5.91 Å². The standard InChI is InChI=1S/C27H25N5O3S/c1-3-30-14-17(15-30)31-23-22-21(11-12-29-26(22)36-24(23)25(28)33)32(27(31)34)20-10-9-19(13-16(20)2)35-18-7-5-4-6-8-18/h4-13,17H,3,14-15H2,1-2H3,(H2,28,33). The number of urea groups is 1. The molecule has 0 bridgehead atoms. The lowest BCUT2D eigenvalue weighted by molar-refractivity contribution is 0.100. The van der Waals surface area contributed by atoms with Gasteiger partial charge < -0.3 is 10.5 Å². The Morgan fingerprint density at radius 1 is 1.11 bits per heavy atom. The SMILES string of the molecule is CCN1CC(N2C(=O)N(c3ccc(Oc4ccccc4)cc3C)c3ccnc4sc(C(N)=O)c2c34)C1. The van der Waals surface area contributed by atoms with Gasteiger partial charge in [-0.2, -0.15) is 0 Å². The van der Waals surface area contributed by atoms with Gasteiger partial charge in [0.2, 0.25) is 0 Å². The van der Waals surface area contributed by atoms with E-state index in [9.17, 15) is 9.59 Å². The average molecular weight is 500 g/mol. The highest BCUT2D eigenvalue weighted by Crippen LogP contribution is 2.50. The fraction of sp³-hybridized carbons (Fsp3) is 0.222. The van der Waals surface area contributed by atoms with Gasteiger partial charge in [-0.15, -0.1) is 11.3 Å². The lowest BCUT2D eigenvalue weighted by atomic mass is 10.0. The van der Waals surface area contributed by atoms with E-state index in [1.807, 2.05) is 61.5 Å². The molecule has 36 heavy (non-hydrogen) atoms. The van der Waals surface area contributed by atoms with Crippen LogP contribution in [0.25, 0.3) is 10.2 Å². The van der Waals surface area contributed by atoms with Gasteiger partial charge in [-0.3, -0.25) is 19.5 Å². The van der Waals surface area contributed by atoms with Crippen LogP contribution in [0.1, 0.15) is 22.2 Å². The molecule has 3 amide bonds. The summed E-state index contributed by atoms with van der Waals surface area (Å²) in [5, 5.41) is 0.787. The van der Waals surface area contributed by atoms with Crippen LogP contribution in [0.4, 0.5) is 21.9 Å². The van der Waals surface area contributed by atoms with Crippen molar-refractivity contribution in [2.45, 2.75) is 19.9 Å². The molecule has 2 aliphatic rings. The van der Waals surface area contributed by atoms with Gasteiger partial charge in [0, 0.05) is 19.3 Å². The van der Waals surface area contributed by atoms with Gasteiger partial charge in [-0.25, -0.2) is 9.78 Å². The van der Waals surface area contributed by atoms with Crippen molar-refractivity contribution in [3.63, 3.8) is 0 Å². The largest absolute Gasteiger partial charge is 0.457 e. The number of nitrogens with zero attached hydrogens (tertiary/aromatic N) is 4. The Balaban J connectivity index is 1.47. The summed E-state index contributed by atoms with van der Waals surface area (Å²) >= 11 is 1.24. The number of aryl methyl sites for hydroxylation is 1. The predicted octanol–water partition coefficient (Wildman–Crippen LogP) is 5.28. The number of hydrogen-bond donors (Lipinski definition) is 1. The highest BCUT2D eigenvalue weighted by Gasteiger charge is 2.44. The summed E-state index contributed by atoms with van der Waals surface area (Å²) < 4.78 is 6.00. The molecular formula is C27H25N5O3S. The van der Waals surface area contributed by atoms with Crippen molar-refractivity contribution in [3.8, 4) is 11.5 Å². The second-order valence-electron chi connectivity index (χ2n) is 9.01. The van der Waals surface area contributed by atoms with Crippen LogP contribution in [0.2, 0.25) is 0 Å². The third kappa shape index (κ3) is 3.51. The Hall–Kier alpha value is -3.95. The van der Waals surface area contributed by atoms with Gasteiger partial charge in [-0.1, -0.05) is 25.1 Å². The molecule has 0 unspecified atom stereocenters. The number of thiophene rings is 1. The number of amides is 3. The van der Waals surface area contributed by atoms with Gasteiger partial charge in [0.15, 0.2) is 0 Å². The van der Waals surface area contributed by atoms with Gasteiger partial charge >= 0.3 is 6.03 Å². The molecule has 1 saturated heterocycles. The smallest absolute Gasteiger partial charge is 0.334 e. The monoisotopic (exact) mass is 499 g/mol. The highest BCUT2D eigenvalue weighted by molar-refractivity contribution is 7.21. The van der Waals surface area contributed by atoms with Crippen LogP contribution >= 0.6 is 11.3 Å². The van der Waals surface area contributed by atoms with Crippen molar-refractivity contribution in [3.05, 3.63) is 71.2 Å². The van der Waals surface area contributed by atoms with Gasteiger partial charge in [0.05, 0.1) is 28.5 Å². The first-order chi connectivity index (χ1) is 17.5. The van der Waals surface area contributed by atoms with Crippen LogP contribution in [0.5, 0.6) is 11.5 Å². The first kappa shape index (κ1) is 22.5. The number of rotatable bonds is 6. The summed E-state index contributed by atoms with van der Waals surface area (Å²) in [7, 11) is 0. The number of hydrogen-bond acceptors (Lipinski definition) is 6. The van der Waals surface area contributed by atoms with Crippen molar-refractivity contribution in [1.29, 1.82) is 0 Å². The number of aromatic nitrogens is 1. The molecule has 0 spiro atoms. The lowest BCUT2D eigenvalue weighted by Gasteiger charge is -2.48.